The minimum absolute atomic E-state index is 0.105. The Hall–Kier alpha value is -1.55. The van der Waals surface area contributed by atoms with Crippen molar-refractivity contribution in [2.24, 2.45) is 0 Å². The minimum atomic E-state index is -0.795. The zero-order valence-electron chi connectivity index (χ0n) is 14.7. The summed E-state index contributed by atoms with van der Waals surface area (Å²) in [6, 6.07) is 3.87. The van der Waals surface area contributed by atoms with Crippen LogP contribution in [-0.2, 0) is 9.53 Å². The Morgan fingerprint density at radius 1 is 1.18 bits per heavy atom. The molecule has 1 atom stereocenters. The number of aryl methyl sites for hydroxylation is 2. The van der Waals surface area contributed by atoms with E-state index in [9.17, 15) is 4.79 Å². The van der Waals surface area contributed by atoms with Crippen LogP contribution in [0.25, 0.3) is 0 Å². The first-order valence-electron chi connectivity index (χ1n) is 8.07. The maximum absolute atomic E-state index is 12.5. The van der Waals surface area contributed by atoms with Gasteiger partial charge >= 0.3 is 0 Å². The van der Waals surface area contributed by atoms with Gasteiger partial charge in [0.05, 0.1) is 6.61 Å². The molecule has 0 fully saturated rings. The molecule has 124 valence electrons. The van der Waals surface area contributed by atoms with Crippen LogP contribution in [0, 0.1) is 13.8 Å². The SMILES string of the molecule is CCCO[C@@](C)(CC)C(=O)Nc1cc(C)c(OCC)c(C)c1. The molecule has 1 amide bonds. The number of amides is 1. The molecule has 4 heteroatoms. The first-order chi connectivity index (χ1) is 10.4. The zero-order valence-corrected chi connectivity index (χ0v) is 14.7. The predicted molar refractivity (Wildman–Crippen MR) is 90.7 cm³/mol. The summed E-state index contributed by atoms with van der Waals surface area (Å²) in [5.41, 5.74) is 2.02. The summed E-state index contributed by atoms with van der Waals surface area (Å²) in [5, 5.41) is 2.97. The van der Waals surface area contributed by atoms with Gasteiger partial charge in [-0.15, -0.1) is 0 Å². The fourth-order valence-electron chi connectivity index (χ4n) is 2.31. The smallest absolute Gasteiger partial charge is 0.256 e. The highest BCUT2D eigenvalue weighted by Gasteiger charge is 2.32. The summed E-state index contributed by atoms with van der Waals surface area (Å²) in [6.07, 6.45) is 1.53. The second kappa shape index (κ2) is 8.18. The molecule has 1 rings (SSSR count). The largest absolute Gasteiger partial charge is 0.493 e. The number of rotatable bonds is 8. The lowest BCUT2D eigenvalue weighted by Crippen LogP contribution is -2.42. The first kappa shape index (κ1) is 18.5. The van der Waals surface area contributed by atoms with Crippen molar-refractivity contribution in [1.29, 1.82) is 0 Å². The Bertz CT molecular complexity index is 490. The van der Waals surface area contributed by atoms with E-state index < -0.39 is 5.60 Å². The van der Waals surface area contributed by atoms with Gasteiger partial charge in [-0.05, 0) is 63.8 Å². The van der Waals surface area contributed by atoms with E-state index in [1.807, 2.05) is 53.7 Å². The third kappa shape index (κ3) is 4.47. The number of carbonyl (C=O) groups excluding carboxylic acids is 1. The van der Waals surface area contributed by atoms with E-state index in [2.05, 4.69) is 5.32 Å². The Kier molecular flexibility index (Phi) is 6.88. The van der Waals surface area contributed by atoms with Gasteiger partial charge in [-0.25, -0.2) is 0 Å². The lowest BCUT2D eigenvalue weighted by Gasteiger charge is -2.27. The van der Waals surface area contributed by atoms with Gasteiger partial charge in [0.1, 0.15) is 11.4 Å². The molecule has 0 saturated heterocycles. The topological polar surface area (TPSA) is 47.6 Å². The molecule has 0 spiro atoms. The molecule has 0 aromatic heterocycles. The van der Waals surface area contributed by atoms with Crippen LogP contribution in [0.3, 0.4) is 0 Å². The zero-order chi connectivity index (χ0) is 16.8. The molecule has 1 N–H and O–H groups in total. The lowest BCUT2D eigenvalue weighted by atomic mass is 10.0. The molecule has 0 unspecified atom stereocenters. The van der Waals surface area contributed by atoms with Gasteiger partial charge in [0.2, 0.25) is 0 Å². The molecule has 0 saturated carbocycles. The van der Waals surface area contributed by atoms with E-state index in [1.54, 1.807) is 0 Å². The van der Waals surface area contributed by atoms with Crippen molar-refractivity contribution in [3.8, 4) is 5.75 Å². The molecule has 0 radical (unpaired) electrons. The van der Waals surface area contributed by atoms with Gasteiger partial charge in [0.15, 0.2) is 0 Å². The summed E-state index contributed by atoms with van der Waals surface area (Å²) in [4.78, 5) is 12.5. The van der Waals surface area contributed by atoms with Crippen molar-refractivity contribution in [3.05, 3.63) is 23.3 Å². The van der Waals surface area contributed by atoms with Gasteiger partial charge in [-0.1, -0.05) is 13.8 Å². The third-order valence-electron chi connectivity index (χ3n) is 3.79. The summed E-state index contributed by atoms with van der Waals surface area (Å²) in [6.45, 7) is 13.0. The quantitative estimate of drug-likeness (QED) is 0.781. The molecule has 0 aliphatic rings. The molecule has 0 bridgehead atoms. The highest BCUT2D eigenvalue weighted by atomic mass is 16.5. The van der Waals surface area contributed by atoms with Gasteiger partial charge in [-0.3, -0.25) is 4.79 Å². The van der Waals surface area contributed by atoms with Crippen LogP contribution in [0.2, 0.25) is 0 Å². The number of hydrogen-bond donors (Lipinski definition) is 1. The predicted octanol–water partition coefficient (Wildman–Crippen LogP) is 4.24. The Morgan fingerprint density at radius 2 is 1.77 bits per heavy atom. The molecular weight excluding hydrogens is 278 g/mol. The summed E-state index contributed by atoms with van der Waals surface area (Å²) in [7, 11) is 0. The number of anilines is 1. The van der Waals surface area contributed by atoms with Crippen LogP contribution < -0.4 is 10.1 Å². The van der Waals surface area contributed by atoms with Gasteiger partial charge in [0.25, 0.3) is 5.91 Å². The van der Waals surface area contributed by atoms with Gasteiger partial charge < -0.3 is 14.8 Å². The normalized spacial score (nSPS) is 13.5. The molecular formula is C18H29NO3. The van der Waals surface area contributed by atoms with E-state index in [-0.39, 0.29) is 5.91 Å². The third-order valence-corrected chi connectivity index (χ3v) is 3.79. The maximum atomic E-state index is 12.5. The number of hydrogen-bond acceptors (Lipinski definition) is 3. The van der Waals surface area contributed by atoms with E-state index >= 15 is 0 Å². The fourth-order valence-corrected chi connectivity index (χ4v) is 2.31. The van der Waals surface area contributed by atoms with Crippen LogP contribution in [0.15, 0.2) is 12.1 Å². The van der Waals surface area contributed by atoms with Crippen LogP contribution in [0.1, 0.15) is 51.7 Å². The lowest BCUT2D eigenvalue weighted by molar-refractivity contribution is -0.139. The molecule has 22 heavy (non-hydrogen) atoms. The standard InChI is InChI=1S/C18H29NO3/c1-7-10-22-18(6,8-2)17(20)19-15-11-13(4)16(21-9-3)14(5)12-15/h11-12H,7-10H2,1-6H3,(H,19,20)/t18-/m0/s1. The van der Waals surface area contributed by atoms with Crippen molar-refractivity contribution in [2.75, 3.05) is 18.5 Å². The fraction of sp³-hybridized carbons (Fsp3) is 0.611. The molecule has 4 nitrogen and oxygen atoms in total. The average Bonchev–Trinajstić information content (AvgIpc) is 2.48. The molecule has 1 aromatic carbocycles. The highest BCUT2D eigenvalue weighted by Crippen LogP contribution is 2.28. The Balaban J connectivity index is 2.92. The van der Waals surface area contributed by atoms with Crippen LogP contribution in [0.5, 0.6) is 5.75 Å². The molecule has 1 aromatic rings. The highest BCUT2D eigenvalue weighted by molar-refractivity contribution is 5.97. The average molecular weight is 307 g/mol. The van der Waals surface area contributed by atoms with Crippen molar-refractivity contribution in [2.45, 2.75) is 60.0 Å². The summed E-state index contributed by atoms with van der Waals surface area (Å²) >= 11 is 0. The van der Waals surface area contributed by atoms with Crippen molar-refractivity contribution in [3.63, 3.8) is 0 Å². The van der Waals surface area contributed by atoms with Crippen molar-refractivity contribution < 1.29 is 14.3 Å². The minimum Gasteiger partial charge on any atom is -0.493 e. The van der Waals surface area contributed by atoms with Crippen molar-refractivity contribution in [1.82, 2.24) is 0 Å². The summed E-state index contributed by atoms with van der Waals surface area (Å²) < 4.78 is 11.4. The Morgan fingerprint density at radius 3 is 2.23 bits per heavy atom. The maximum Gasteiger partial charge on any atom is 0.256 e. The second-order valence-electron chi connectivity index (χ2n) is 5.76. The van der Waals surface area contributed by atoms with E-state index in [0.29, 0.717) is 19.6 Å². The number of benzene rings is 1. The monoisotopic (exact) mass is 307 g/mol. The summed E-state index contributed by atoms with van der Waals surface area (Å²) in [5.74, 6) is 0.785. The number of nitrogens with one attached hydrogen (secondary N) is 1. The van der Waals surface area contributed by atoms with E-state index in [4.69, 9.17) is 9.47 Å². The van der Waals surface area contributed by atoms with E-state index in [1.165, 1.54) is 0 Å². The molecule has 0 heterocycles. The van der Waals surface area contributed by atoms with Gasteiger partial charge in [-0.2, -0.15) is 0 Å². The van der Waals surface area contributed by atoms with Crippen LogP contribution >= 0.6 is 0 Å². The van der Waals surface area contributed by atoms with E-state index in [0.717, 1.165) is 29.0 Å². The first-order valence-corrected chi connectivity index (χ1v) is 8.07. The van der Waals surface area contributed by atoms with Crippen LogP contribution in [-0.4, -0.2) is 24.7 Å². The second-order valence-corrected chi connectivity index (χ2v) is 5.76. The van der Waals surface area contributed by atoms with Crippen molar-refractivity contribution >= 4 is 11.6 Å². The van der Waals surface area contributed by atoms with Crippen LogP contribution in [0.4, 0.5) is 5.69 Å². The molecule has 0 aliphatic heterocycles. The number of carbonyl (C=O) groups is 1. The van der Waals surface area contributed by atoms with Gasteiger partial charge in [0, 0.05) is 12.3 Å². The Labute approximate surface area is 134 Å². The molecule has 0 aliphatic carbocycles. The number of ether oxygens (including phenoxy) is 2.